The summed E-state index contributed by atoms with van der Waals surface area (Å²) in [7, 11) is 1.66. The van der Waals surface area contributed by atoms with E-state index in [0.717, 1.165) is 6.54 Å². The molecule has 0 saturated carbocycles. The second-order valence-corrected chi connectivity index (χ2v) is 3.21. The van der Waals surface area contributed by atoms with Gasteiger partial charge in [-0.25, -0.2) is 0 Å². The minimum Gasteiger partial charge on any atom is -0.407 e. The van der Waals surface area contributed by atoms with E-state index in [1.165, 1.54) is 0 Å². The molecule has 0 fully saturated rings. The molecule has 0 aromatic carbocycles. The fraction of sp³-hybridized carbons (Fsp3) is 0.778. The number of nitrogens with zero attached hydrogens (tertiary/aromatic N) is 2. The topological polar surface area (TPSA) is 72.2 Å². The second-order valence-electron chi connectivity index (χ2n) is 3.21. The molecule has 0 aliphatic carbocycles. The molecule has 0 saturated heterocycles. The predicted molar refractivity (Wildman–Crippen MR) is 56.6 cm³/mol. The molecular weight excluding hydrogens is 196 g/mol. The van der Waals surface area contributed by atoms with E-state index in [0.29, 0.717) is 25.0 Å². The maximum absolute atomic E-state index is 5.33. The summed E-state index contributed by atoms with van der Waals surface area (Å²) < 4.78 is 10.4. The Morgan fingerprint density at radius 1 is 1.47 bits per heavy atom. The van der Waals surface area contributed by atoms with Gasteiger partial charge in [-0.1, -0.05) is 12.0 Å². The molecule has 1 rings (SSSR count). The van der Waals surface area contributed by atoms with Crippen LogP contribution in [0.4, 0.5) is 6.01 Å². The minimum atomic E-state index is 0.120. The number of methoxy groups -OCH3 is 1. The Morgan fingerprint density at radius 3 is 2.93 bits per heavy atom. The van der Waals surface area contributed by atoms with Crippen LogP contribution in [-0.2, 0) is 11.3 Å². The van der Waals surface area contributed by atoms with Crippen molar-refractivity contribution in [2.45, 2.75) is 26.5 Å². The van der Waals surface area contributed by atoms with Gasteiger partial charge in [0.05, 0.1) is 12.6 Å². The van der Waals surface area contributed by atoms with Gasteiger partial charge in [0.25, 0.3) is 0 Å². The first kappa shape index (κ1) is 11.9. The van der Waals surface area contributed by atoms with Crippen molar-refractivity contribution < 1.29 is 9.15 Å². The maximum Gasteiger partial charge on any atom is 0.315 e. The van der Waals surface area contributed by atoms with Gasteiger partial charge in [-0.2, -0.15) is 0 Å². The average molecular weight is 214 g/mol. The highest BCUT2D eigenvalue weighted by Crippen LogP contribution is 2.05. The summed E-state index contributed by atoms with van der Waals surface area (Å²) in [4.78, 5) is 0. The third-order valence-electron chi connectivity index (χ3n) is 1.94. The molecule has 0 aliphatic rings. The summed E-state index contributed by atoms with van der Waals surface area (Å²) >= 11 is 0. The smallest absolute Gasteiger partial charge is 0.315 e. The highest BCUT2D eigenvalue weighted by Gasteiger charge is 2.06. The molecule has 0 amide bonds. The highest BCUT2D eigenvalue weighted by molar-refractivity contribution is 5.16. The van der Waals surface area contributed by atoms with E-state index in [1.54, 1.807) is 7.11 Å². The van der Waals surface area contributed by atoms with Crippen LogP contribution >= 0.6 is 0 Å². The SMILES string of the molecule is CCNCc1nnc(NCC(C)OC)o1. The van der Waals surface area contributed by atoms with Gasteiger partial charge in [-0.3, -0.25) is 0 Å². The zero-order valence-corrected chi connectivity index (χ0v) is 9.41. The molecule has 0 bridgehead atoms. The van der Waals surface area contributed by atoms with Gasteiger partial charge < -0.3 is 19.8 Å². The number of anilines is 1. The van der Waals surface area contributed by atoms with Crippen LogP contribution in [0, 0.1) is 0 Å². The maximum atomic E-state index is 5.33. The Balaban J connectivity index is 2.32. The van der Waals surface area contributed by atoms with Crippen molar-refractivity contribution in [3.05, 3.63) is 5.89 Å². The molecule has 86 valence electrons. The van der Waals surface area contributed by atoms with Gasteiger partial charge >= 0.3 is 6.01 Å². The first-order valence-electron chi connectivity index (χ1n) is 5.06. The fourth-order valence-corrected chi connectivity index (χ4v) is 0.943. The normalized spacial score (nSPS) is 12.7. The summed E-state index contributed by atoms with van der Waals surface area (Å²) in [5.41, 5.74) is 0. The standard InChI is InChI=1S/C9H18N4O2/c1-4-10-6-8-12-13-9(15-8)11-5-7(2)14-3/h7,10H,4-6H2,1-3H3,(H,11,13). The van der Waals surface area contributed by atoms with E-state index < -0.39 is 0 Å². The molecule has 0 spiro atoms. The van der Waals surface area contributed by atoms with Crippen LogP contribution in [-0.4, -0.2) is 36.5 Å². The lowest BCUT2D eigenvalue weighted by Gasteiger charge is -2.07. The van der Waals surface area contributed by atoms with E-state index in [4.69, 9.17) is 9.15 Å². The lowest BCUT2D eigenvalue weighted by atomic mass is 10.4. The molecule has 2 N–H and O–H groups in total. The van der Waals surface area contributed by atoms with E-state index in [2.05, 4.69) is 20.8 Å². The van der Waals surface area contributed by atoms with Crippen molar-refractivity contribution in [2.75, 3.05) is 25.5 Å². The average Bonchev–Trinajstić information content (AvgIpc) is 2.71. The summed E-state index contributed by atoms with van der Waals surface area (Å²) in [6.45, 7) is 6.12. The largest absolute Gasteiger partial charge is 0.407 e. The van der Waals surface area contributed by atoms with Crippen LogP contribution in [0.25, 0.3) is 0 Å². The van der Waals surface area contributed by atoms with Crippen LogP contribution < -0.4 is 10.6 Å². The number of hydrogen-bond acceptors (Lipinski definition) is 6. The van der Waals surface area contributed by atoms with E-state index in [9.17, 15) is 0 Å². The van der Waals surface area contributed by atoms with Crippen molar-refractivity contribution in [2.24, 2.45) is 0 Å². The van der Waals surface area contributed by atoms with Crippen LogP contribution in [0.5, 0.6) is 0 Å². The summed E-state index contributed by atoms with van der Waals surface area (Å²) in [6, 6.07) is 0.437. The minimum absolute atomic E-state index is 0.120. The zero-order valence-electron chi connectivity index (χ0n) is 9.41. The molecule has 6 nitrogen and oxygen atoms in total. The zero-order chi connectivity index (χ0) is 11.1. The molecule has 0 radical (unpaired) electrons. The Bertz CT molecular complexity index is 277. The van der Waals surface area contributed by atoms with Crippen molar-refractivity contribution >= 4 is 6.01 Å². The van der Waals surface area contributed by atoms with Crippen LogP contribution in [0.2, 0.25) is 0 Å². The predicted octanol–water partition coefficient (Wildman–Crippen LogP) is 0.626. The number of ether oxygens (including phenoxy) is 1. The van der Waals surface area contributed by atoms with Crippen LogP contribution in [0.1, 0.15) is 19.7 Å². The van der Waals surface area contributed by atoms with Gasteiger partial charge in [-0.05, 0) is 13.5 Å². The molecular formula is C9H18N4O2. The van der Waals surface area contributed by atoms with Crippen molar-refractivity contribution in [1.29, 1.82) is 0 Å². The van der Waals surface area contributed by atoms with Crippen LogP contribution in [0.15, 0.2) is 4.42 Å². The Labute approximate surface area is 89.4 Å². The van der Waals surface area contributed by atoms with Crippen molar-refractivity contribution in [1.82, 2.24) is 15.5 Å². The highest BCUT2D eigenvalue weighted by atomic mass is 16.5. The first-order valence-corrected chi connectivity index (χ1v) is 5.06. The monoisotopic (exact) mass is 214 g/mol. The number of hydrogen-bond donors (Lipinski definition) is 2. The van der Waals surface area contributed by atoms with Crippen molar-refractivity contribution in [3.63, 3.8) is 0 Å². The van der Waals surface area contributed by atoms with Crippen molar-refractivity contribution in [3.8, 4) is 0 Å². The first-order chi connectivity index (χ1) is 7.26. The third-order valence-corrected chi connectivity index (χ3v) is 1.94. The van der Waals surface area contributed by atoms with Gasteiger partial charge in [-0.15, -0.1) is 5.10 Å². The Morgan fingerprint density at radius 2 is 2.27 bits per heavy atom. The molecule has 1 heterocycles. The van der Waals surface area contributed by atoms with E-state index >= 15 is 0 Å². The summed E-state index contributed by atoms with van der Waals surface area (Å²) in [6.07, 6.45) is 0.120. The fourth-order valence-electron chi connectivity index (χ4n) is 0.943. The summed E-state index contributed by atoms with van der Waals surface area (Å²) in [5, 5.41) is 13.8. The summed E-state index contributed by atoms with van der Waals surface area (Å²) in [5.74, 6) is 0.587. The van der Waals surface area contributed by atoms with E-state index in [1.807, 2.05) is 13.8 Å². The molecule has 0 aliphatic heterocycles. The molecule has 1 aromatic rings. The number of nitrogens with one attached hydrogen (secondary N) is 2. The Hall–Kier alpha value is -1.14. The number of aromatic nitrogens is 2. The quantitative estimate of drug-likeness (QED) is 0.693. The van der Waals surface area contributed by atoms with Gasteiger partial charge in [0, 0.05) is 13.7 Å². The van der Waals surface area contributed by atoms with Gasteiger partial charge in [0.2, 0.25) is 5.89 Å². The number of rotatable bonds is 7. The lowest BCUT2D eigenvalue weighted by Crippen LogP contribution is -2.18. The van der Waals surface area contributed by atoms with E-state index in [-0.39, 0.29) is 6.10 Å². The van der Waals surface area contributed by atoms with Crippen LogP contribution in [0.3, 0.4) is 0 Å². The lowest BCUT2D eigenvalue weighted by molar-refractivity contribution is 0.128. The van der Waals surface area contributed by atoms with Gasteiger partial charge in [0.15, 0.2) is 0 Å². The third kappa shape index (κ3) is 4.26. The molecule has 1 atom stereocenters. The molecule has 6 heteroatoms. The second kappa shape index (κ2) is 6.36. The van der Waals surface area contributed by atoms with Gasteiger partial charge in [0.1, 0.15) is 0 Å². The molecule has 1 unspecified atom stereocenters. The Kier molecular flexibility index (Phi) is 5.06. The molecule has 15 heavy (non-hydrogen) atoms. The molecule has 1 aromatic heterocycles.